The van der Waals surface area contributed by atoms with Crippen molar-refractivity contribution in [1.29, 1.82) is 0 Å². The zero-order valence-corrected chi connectivity index (χ0v) is 21.7. The molecule has 3 rings (SSSR count). The quantitative estimate of drug-likeness (QED) is 0.206. The van der Waals surface area contributed by atoms with E-state index in [0.29, 0.717) is 47.2 Å². The van der Waals surface area contributed by atoms with Crippen LogP contribution in [0.4, 0.5) is 10.1 Å². The number of H-pyrrole nitrogens is 1. The summed E-state index contributed by atoms with van der Waals surface area (Å²) in [7, 11) is 6.19. The van der Waals surface area contributed by atoms with Crippen LogP contribution < -0.4 is 16.0 Å². The summed E-state index contributed by atoms with van der Waals surface area (Å²) in [4.78, 5) is 32.5. The van der Waals surface area contributed by atoms with Gasteiger partial charge >= 0.3 is 0 Å². The molecule has 1 atom stereocenters. The lowest BCUT2D eigenvalue weighted by Gasteiger charge is -2.23. The molecule has 9 heteroatoms. The third kappa shape index (κ3) is 7.13. The molecule has 0 unspecified atom stereocenters. The number of hydrogen-bond acceptors (Lipinski definition) is 5. The fourth-order valence-electron chi connectivity index (χ4n) is 3.88. The average molecular weight is 497 g/mol. The van der Waals surface area contributed by atoms with Gasteiger partial charge in [0.05, 0.1) is 11.1 Å². The van der Waals surface area contributed by atoms with Crippen molar-refractivity contribution in [3.8, 4) is 0 Å². The van der Waals surface area contributed by atoms with Gasteiger partial charge in [-0.2, -0.15) is 0 Å². The first-order valence-electron chi connectivity index (χ1n) is 12.2. The van der Waals surface area contributed by atoms with Crippen LogP contribution in [0.5, 0.6) is 0 Å². The van der Waals surface area contributed by atoms with Crippen molar-refractivity contribution in [2.24, 2.45) is 0 Å². The van der Waals surface area contributed by atoms with Crippen LogP contribution in [0.1, 0.15) is 34.1 Å². The molecule has 0 radical (unpaired) electrons. The number of nitrogens with one attached hydrogen (secondary N) is 4. The molecular formula is C27H37FN6O2. The van der Waals surface area contributed by atoms with Crippen LogP contribution in [0.25, 0.3) is 11.6 Å². The Balaban J connectivity index is 1.47. The standard InChI is InChI=1S/C27H37FN6O2/c1-18(34(5)13-7-6-12-33(3)4)16-29-10-11-30-26(35)23-17-31-25(19(23)2)15-22-21-14-20(28)8-9-24(21)32-27(22)36/h6-9,14-15,17-18,29,31H,10-13,16H2,1-5H3,(H,30,35)(H,32,36)/b7-6+,22-15-/t18-/m0/s1. The molecular weight excluding hydrogens is 459 g/mol. The molecule has 1 aromatic heterocycles. The zero-order valence-electron chi connectivity index (χ0n) is 21.7. The third-order valence-corrected chi connectivity index (χ3v) is 6.29. The largest absolute Gasteiger partial charge is 0.361 e. The molecule has 1 aliphatic heterocycles. The van der Waals surface area contributed by atoms with Gasteiger partial charge in [0, 0.05) is 61.9 Å². The van der Waals surface area contributed by atoms with Gasteiger partial charge in [-0.3, -0.25) is 14.5 Å². The highest BCUT2D eigenvalue weighted by Gasteiger charge is 2.25. The van der Waals surface area contributed by atoms with Gasteiger partial charge in [-0.25, -0.2) is 4.39 Å². The first kappa shape index (κ1) is 27.3. The van der Waals surface area contributed by atoms with Crippen molar-refractivity contribution >= 4 is 29.2 Å². The monoisotopic (exact) mass is 496 g/mol. The average Bonchev–Trinajstić information content (AvgIpc) is 3.35. The second-order valence-corrected chi connectivity index (χ2v) is 9.43. The first-order chi connectivity index (χ1) is 17.2. The Morgan fingerprint density at radius 2 is 1.92 bits per heavy atom. The number of aromatic amines is 1. The second kappa shape index (κ2) is 12.6. The summed E-state index contributed by atoms with van der Waals surface area (Å²) < 4.78 is 13.7. The molecule has 0 aliphatic carbocycles. The van der Waals surface area contributed by atoms with E-state index in [1.54, 1.807) is 18.3 Å². The summed E-state index contributed by atoms with van der Waals surface area (Å²) in [5.74, 6) is -0.897. The number of likely N-dealkylation sites (N-methyl/N-ethyl adjacent to an activating group) is 2. The highest BCUT2D eigenvalue weighted by atomic mass is 19.1. The van der Waals surface area contributed by atoms with Gasteiger partial charge in [0.2, 0.25) is 0 Å². The normalized spacial score (nSPS) is 15.2. The van der Waals surface area contributed by atoms with Crippen molar-refractivity contribution in [1.82, 2.24) is 25.4 Å². The summed E-state index contributed by atoms with van der Waals surface area (Å²) in [6, 6.07) is 4.54. The van der Waals surface area contributed by atoms with Gasteiger partial charge in [-0.1, -0.05) is 12.2 Å². The molecule has 0 saturated heterocycles. The van der Waals surface area contributed by atoms with Crippen LogP contribution in [-0.4, -0.2) is 86.5 Å². The number of nitrogens with zero attached hydrogens (tertiary/aromatic N) is 2. The predicted molar refractivity (Wildman–Crippen MR) is 143 cm³/mol. The number of halogens is 1. The molecule has 1 aromatic carbocycles. The molecule has 194 valence electrons. The van der Waals surface area contributed by atoms with E-state index < -0.39 is 5.82 Å². The van der Waals surface area contributed by atoms with Crippen LogP contribution in [0.15, 0.2) is 36.5 Å². The molecule has 2 aromatic rings. The number of carbonyl (C=O) groups excluding carboxylic acids is 2. The molecule has 8 nitrogen and oxygen atoms in total. The summed E-state index contributed by atoms with van der Waals surface area (Å²) in [6.07, 6.45) is 7.63. The molecule has 4 N–H and O–H groups in total. The Hall–Kier alpha value is -3.27. The minimum Gasteiger partial charge on any atom is -0.361 e. The lowest BCUT2D eigenvalue weighted by atomic mass is 10.0. The van der Waals surface area contributed by atoms with E-state index in [0.717, 1.165) is 25.2 Å². The van der Waals surface area contributed by atoms with E-state index in [1.807, 2.05) is 21.0 Å². The van der Waals surface area contributed by atoms with Crippen LogP contribution in [0.3, 0.4) is 0 Å². The van der Waals surface area contributed by atoms with E-state index in [4.69, 9.17) is 0 Å². The number of fused-ring (bicyclic) bond motifs is 1. The molecule has 2 heterocycles. The number of amides is 2. The topological polar surface area (TPSA) is 92.5 Å². The number of anilines is 1. The minimum absolute atomic E-state index is 0.186. The Kier molecular flexibility index (Phi) is 9.58. The smallest absolute Gasteiger partial charge is 0.256 e. The molecule has 0 bridgehead atoms. The Bertz CT molecular complexity index is 1140. The maximum absolute atomic E-state index is 13.7. The maximum Gasteiger partial charge on any atom is 0.256 e. The summed E-state index contributed by atoms with van der Waals surface area (Å²) in [5, 5.41) is 9.05. The molecule has 0 spiro atoms. The van der Waals surface area contributed by atoms with Crippen molar-refractivity contribution in [2.45, 2.75) is 19.9 Å². The number of aromatic nitrogens is 1. The van der Waals surface area contributed by atoms with Crippen LogP contribution in [0.2, 0.25) is 0 Å². The molecule has 1 aliphatic rings. The van der Waals surface area contributed by atoms with Gasteiger partial charge in [0.15, 0.2) is 0 Å². The highest BCUT2D eigenvalue weighted by molar-refractivity contribution is 6.34. The number of rotatable bonds is 12. The fourth-order valence-corrected chi connectivity index (χ4v) is 3.88. The maximum atomic E-state index is 13.7. The van der Waals surface area contributed by atoms with E-state index >= 15 is 0 Å². The Morgan fingerprint density at radius 1 is 1.17 bits per heavy atom. The predicted octanol–water partition coefficient (Wildman–Crippen LogP) is 2.71. The highest BCUT2D eigenvalue weighted by Crippen LogP contribution is 2.34. The molecule has 36 heavy (non-hydrogen) atoms. The van der Waals surface area contributed by atoms with Gasteiger partial charge in [-0.05, 0) is 64.8 Å². The SMILES string of the molecule is Cc1c(C(=O)NCCNC[C@H](C)N(C)C/C=C/CN(C)C)c[nH]c1/C=C1\C(=O)Nc2ccc(F)cc21. The van der Waals surface area contributed by atoms with Gasteiger partial charge in [-0.15, -0.1) is 0 Å². The summed E-state index contributed by atoms with van der Waals surface area (Å²) >= 11 is 0. The lowest BCUT2D eigenvalue weighted by Crippen LogP contribution is -2.40. The van der Waals surface area contributed by atoms with Gasteiger partial charge < -0.3 is 25.8 Å². The number of benzene rings is 1. The Labute approximate surface area is 212 Å². The second-order valence-electron chi connectivity index (χ2n) is 9.43. The van der Waals surface area contributed by atoms with E-state index in [9.17, 15) is 14.0 Å². The van der Waals surface area contributed by atoms with Crippen LogP contribution in [0, 0.1) is 12.7 Å². The summed E-state index contributed by atoms with van der Waals surface area (Å²) in [5.41, 5.74) is 3.31. The molecule has 0 fully saturated rings. The number of carbonyl (C=O) groups is 2. The van der Waals surface area contributed by atoms with Crippen molar-refractivity contribution in [3.63, 3.8) is 0 Å². The number of hydrogen-bond donors (Lipinski definition) is 4. The first-order valence-corrected chi connectivity index (χ1v) is 12.2. The van der Waals surface area contributed by atoms with Gasteiger partial charge in [0.1, 0.15) is 5.82 Å². The van der Waals surface area contributed by atoms with E-state index in [2.05, 4.69) is 56.9 Å². The summed E-state index contributed by atoms with van der Waals surface area (Å²) in [6.45, 7) is 7.78. The molecule has 2 amide bonds. The van der Waals surface area contributed by atoms with Crippen molar-refractivity contribution in [3.05, 3.63) is 64.7 Å². The zero-order chi connectivity index (χ0) is 26.2. The van der Waals surface area contributed by atoms with Crippen molar-refractivity contribution < 1.29 is 14.0 Å². The lowest BCUT2D eigenvalue weighted by molar-refractivity contribution is -0.110. The van der Waals surface area contributed by atoms with Gasteiger partial charge in [0.25, 0.3) is 11.8 Å². The van der Waals surface area contributed by atoms with Crippen LogP contribution in [-0.2, 0) is 4.79 Å². The van der Waals surface area contributed by atoms with E-state index in [-0.39, 0.29) is 11.8 Å². The molecule has 0 saturated carbocycles. The fraction of sp³-hybridized carbons (Fsp3) is 0.407. The van der Waals surface area contributed by atoms with E-state index in [1.165, 1.54) is 12.1 Å². The Morgan fingerprint density at radius 3 is 2.67 bits per heavy atom. The van der Waals surface area contributed by atoms with Crippen LogP contribution >= 0.6 is 0 Å². The minimum atomic E-state index is -0.411. The third-order valence-electron chi connectivity index (χ3n) is 6.29. The van der Waals surface area contributed by atoms with Crippen molar-refractivity contribution in [2.75, 3.05) is 59.2 Å².